The highest BCUT2D eigenvalue weighted by atomic mass is 32.2. The van der Waals surface area contributed by atoms with E-state index in [9.17, 15) is 9.00 Å². The second-order valence-corrected chi connectivity index (χ2v) is 11.5. The van der Waals surface area contributed by atoms with Crippen molar-refractivity contribution in [3.05, 3.63) is 102 Å². The molecule has 0 radical (unpaired) electrons. The van der Waals surface area contributed by atoms with Crippen molar-refractivity contribution < 1.29 is 23.2 Å². The highest BCUT2D eigenvalue weighted by Gasteiger charge is 2.10. The topological polar surface area (TPSA) is 79.7 Å². The van der Waals surface area contributed by atoms with Crippen molar-refractivity contribution >= 4 is 22.7 Å². The molecule has 7 nitrogen and oxygen atoms in total. The van der Waals surface area contributed by atoms with Crippen LogP contribution < -0.4 is 9.47 Å². The van der Waals surface area contributed by atoms with Gasteiger partial charge in [-0.2, -0.15) is 0 Å². The molecular formula is C35H40N2O5S. The van der Waals surface area contributed by atoms with E-state index < -0.39 is 10.8 Å². The summed E-state index contributed by atoms with van der Waals surface area (Å²) in [7, 11) is 0.432. The van der Waals surface area contributed by atoms with Gasteiger partial charge < -0.3 is 18.8 Å². The average molecular weight is 601 g/mol. The number of aryl methyl sites for hydroxylation is 1. The number of carbonyl (C=O) groups excluding carboxylic acids is 1. The number of aromatic nitrogens is 2. The van der Waals surface area contributed by atoms with Crippen molar-refractivity contribution in [3.63, 3.8) is 0 Å². The zero-order chi connectivity index (χ0) is 30.4. The molecule has 1 aromatic heterocycles. The van der Waals surface area contributed by atoms with Gasteiger partial charge in [-0.1, -0.05) is 43.7 Å². The first-order chi connectivity index (χ1) is 21.0. The molecule has 3 aromatic carbocycles. The van der Waals surface area contributed by atoms with Crippen molar-refractivity contribution in [3.8, 4) is 22.6 Å². The normalized spacial score (nSPS) is 12.0. The summed E-state index contributed by atoms with van der Waals surface area (Å²) in [4.78, 5) is 17.7. The fourth-order valence-corrected chi connectivity index (χ4v) is 5.64. The first kappa shape index (κ1) is 31.9. The van der Waals surface area contributed by atoms with Crippen LogP contribution in [0.4, 0.5) is 0 Å². The van der Waals surface area contributed by atoms with E-state index in [0.29, 0.717) is 24.7 Å². The lowest BCUT2D eigenvalue weighted by atomic mass is 10.0. The molecule has 0 saturated heterocycles. The van der Waals surface area contributed by atoms with Crippen molar-refractivity contribution in [2.45, 2.75) is 50.3 Å². The fourth-order valence-electron chi connectivity index (χ4n) is 4.53. The maximum atomic E-state index is 12.8. The summed E-state index contributed by atoms with van der Waals surface area (Å²) in [6.45, 7) is 6.82. The van der Waals surface area contributed by atoms with Crippen LogP contribution in [0, 0.1) is 0 Å². The van der Waals surface area contributed by atoms with Crippen LogP contribution in [0.1, 0.15) is 43.5 Å². The van der Waals surface area contributed by atoms with Gasteiger partial charge in [0.05, 0.1) is 42.3 Å². The molecule has 0 spiro atoms. The number of rotatable bonds is 17. The molecule has 0 aliphatic rings. The summed E-state index contributed by atoms with van der Waals surface area (Å²) in [5, 5.41) is 0. The molecular weight excluding hydrogens is 560 g/mol. The summed E-state index contributed by atoms with van der Waals surface area (Å²) in [6.07, 6.45) is 9.31. The summed E-state index contributed by atoms with van der Waals surface area (Å²) >= 11 is 0. The fraction of sp³-hybridized carbons (Fsp3) is 0.314. The SMILES string of the molecule is CCCCOCCOc1ccc(-c2ccc(OC)c(/C=C/C(=O)Cc3ccc([S@@](=O)Cc4cncn4CC)cc3)c2)cc1. The van der Waals surface area contributed by atoms with E-state index in [2.05, 4.69) is 11.9 Å². The van der Waals surface area contributed by atoms with Crippen LogP contribution in [0.2, 0.25) is 0 Å². The third kappa shape index (κ3) is 9.49. The van der Waals surface area contributed by atoms with Crippen molar-refractivity contribution in [2.75, 3.05) is 26.9 Å². The number of ether oxygens (including phenoxy) is 3. The largest absolute Gasteiger partial charge is 0.496 e. The molecule has 0 saturated carbocycles. The van der Waals surface area contributed by atoms with Gasteiger partial charge in [0.1, 0.15) is 18.1 Å². The molecule has 8 heteroatoms. The van der Waals surface area contributed by atoms with Crippen molar-refractivity contribution in [1.82, 2.24) is 9.55 Å². The Morgan fingerprint density at radius 2 is 1.72 bits per heavy atom. The minimum atomic E-state index is -1.19. The van der Waals surface area contributed by atoms with Crippen molar-refractivity contribution in [1.29, 1.82) is 0 Å². The van der Waals surface area contributed by atoms with E-state index in [-0.39, 0.29) is 12.2 Å². The number of allylic oxidation sites excluding steroid dienone is 1. The number of unbranched alkanes of at least 4 members (excludes halogenated alkanes) is 1. The summed E-state index contributed by atoms with van der Waals surface area (Å²) in [5.74, 6) is 1.85. The molecule has 1 atom stereocenters. The Bertz CT molecular complexity index is 1510. The van der Waals surface area contributed by atoms with E-state index in [1.807, 2.05) is 78.2 Å². The lowest BCUT2D eigenvalue weighted by Gasteiger charge is -2.10. The Morgan fingerprint density at radius 3 is 2.44 bits per heavy atom. The number of imidazole rings is 1. The highest BCUT2D eigenvalue weighted by molar-refractivity contribution is 7.84. The first-order valence-corrected chi connectivity index (χ1v) is 16.0. The molecule has 0 N–H and O–H groups in total. The lowest BCUT2D eigenvalue weighted by molar-refractivity contribution is -0.113. The standard InChI is InChI=1S/C35H40N2O5S/c1-4-6-19-41-20-21-42-33-14-10-28(11-15-33)29-12-18-35(40-3)30(23-29)9-13-32(38)22-27-7-16-34(17-8-27)43(39)25-31-24-36-26-37(31)5-2/h7-18,23-24,26H,4-6,19-22,25H2,1-3H3/b13-9+/t43-/m0/s1. The van der Waals surface area contributed by atoms with Crippen LogP contribution in [-0.4, -0.2) is 46.5 Å². The Kier molecular flexibility index (Phi) is 12.3. The number of nitrogens with zero attached hydrogens (tertiary/aromatic N) is 2. The van der Waals surface area contributed by atoms with Crippen LogP contribution >= 0.6 is 0 Å². The van der Waals surface area contributed by atoms with Gasteiger partial charge in [-0.15, -0.1) is 0 Å². The van der Waals surface area contributed by atoms with Gasteiger partial charge >= 0.3 is 0 Å². The van der Waals surface area contributed by atoms with Crippen LogP contribution in [-0.2, 0) is 39.0 Å². The Labute approximate surface area is 257 Å². The quantitative estimate of drug-likeness (QED) is 0.0968. The van der Waals surface area contributed by atoms with Crippen LogP contribution in [0.15, 0.2) is 90.2 Å². The average Bonchev–Trinajstić information content (AvgIpc) is 3.49. The van der Waals surface area contributed by atoms with Gasteiger partial charge in [-0.25, -0.2) is 4.98 Å². The van der Waals surface area contributed by atoms with E-state index in [4.69, 9.17) is 14.2 Å². The first-order valence-electron chi connectivity index (χ1n) is 14.7. The highest BCUT2D eigenvalue weighted by Crippen LogP contribution is 2.29. The summed E-state index contributed by atoms with van der Waals surface area (Å²) in [5.41, 5.74) is 4.66. The van der Waals surface area contributed by atoms with Gasteiger partial charge in [0.2, 0.25) is 0 Å². The lowest BCUT2D eigenvalue weighted by Crippen LogP contribution is -2.07. The predicted molar refractivity (Wildman–Crippen MR) is 172 cm³/mol. The molecule has 4 rings (SSSR count). The van der Waals surface area contributed by atoms with Crippen LogP contribution in [0.25, 0.3) is 17.2 Å². The van der Waals surface area contributed by atoms with Gasteiger partial charge in [-0.05, 0) is 78.6 Å². The maximum absolute atomic E-state index is 12.8. The number of hydrogen-bond donors (Lipinski definition) is 0. The third-order valence-corrected chi connectivity index (χ3v) is 8.34. The number of carbonyl (C=O) groups is 1. The number of methoxy groups -OCH3 is 1. The molecule has 4 aromatic rings. The van der Waals surface area contributed by atoms with Crippen molar-refractivity contribution in [2.24, 2.45) is 0 Å². The molecule has 0 aliphatic carbocycles. The zero-order valence-corrected chi connectivity index (χ0v) is 26.0. The van der Waals surface area contributed by atoms with Gasteiger partial charge in [-0.3, -0.25) is 9.00 Å². The van der Waals surface area contributed by atoms with E-state index >= 15 is 0 Å². The van der Waals surface area contributed by atoms with Gasteiger partial charge in [0.25, 0.3) is 0 Å². The number of ketones is 1. The molecule has 226 valence electrons. The third-order valence-electron chi connectivity index (χ3n) is 6.99. The minimum absolute atomic E-state index is 0.0339. The van der Waals surface area contributed by atoms with Gasteiger partial charge in [0, 0.05) is 36.2 Å². The molecule has 43 heavy (non-hydrogen) atoms. The second-order valence-electron chi connectivity index (χ2n) is 10.1. The Hall–Kier alpha value is -4.01. The predicted octanol–water partition coefficient (Wildman–Crippen LogP) is 6.91. The second kappa shape index (κ2) is 16.6. The van der Waals surface area contributed by atoms with Gasteiger partial charge in [0.15, 0.2) is 5.78 Å². The van der Waals surface area contributed by atoms with Crippen LogP contribution in [0.5, 0.6) is 11.5 Å². The molecule has 0 amide bonds. The van der Waals surface area contributed by atoms with E-state index in [1.54, 1.807) is 31.8 Å². The number of benzene rings is 3. The smallest absolute Gasteiger partial charge is 0.160 e. The minimum Gasteiger partial charge on any atom is -0.496 e. The number of hydrogen-bond acceptors (Lipinski definition) is 6. The maximum Gasteiger partial charge on any atom is 0.160 e. The molecule has 0 unspecified atom stereocenters. The summed E-state index contributed by atoms with van der Waals surface area (Å²) < 4.78 is 31.7. The zero-order valence-electron chi connectivity index (χ0n) is 25.2. The van der Waals surface area contributed by atoms with E-state index in [0.717, 1.165) is 64.6 Å². The Morgan fingerprint density at radius 1 is 0.953 bits per heavy atom. The monoisotopic (exact) mass is 600 g/mol. The molecule has 1 heterocycles. The van der Waals surface area contributed by atoms with E-state index in [1.165, 1.54) is 0 Å². The Balaban J connectivity index is 1.34. The summed E-state index contributed by atoms with van der Waals surface area (Å²) in [6, 6.07) is 21.2. The molecule has 0 aliphatic heterocycles. The van der Waals surface area contributed by atoms with Crippen LogP contribution in [0.3, 0.4) is 0 Å². The molecule has 0 fully saturated rings. The molecule has 0 bridgehead atoms.